The van der Waals surface area contributed by atoms with Crippen LogP contribution in [0.4, 0.5) is 5.69 Å². The fourth-order valence-corrected chi connectivity index (χ4v) is 4.16. The predicted octanol–water partition coefficient (Wildman–Crippen LogP) is 4.71. The van der Waals surface area contributed by atoms with Gasteiger partial charge in [0.2, 0.25) is 0 Å². The van der Waals surface area contributed by atoms with Crippen LogP contribution in [0.2, 0.25) is 0 Å². The number of aryl methyl sites for hydroxylation is 1. The highest BCUT2D eigenvalue weighted by Crippen LogP contribution is 2.31. The third-order valence-electron chi connectivity index (χ3n) is 5.37. The van der Waals surface area contributed by atoms with Crippen LogP contribution in [-0.4, -0.2) is 42.8 Å². The second-order valence-electron chi connectivity index (χ2n) is 7.45. The number of fused-ring (bicyclic) bond motifs is 1. The first-order valence-electron chi connectivity index (χ1n) is 10.1. The van der Waals surface area contributed by atoms with Crippen molar-refractivity contribution in [2.24, 2.45) is 0 Å². The molecule has 0 bridgehead atoms. The number of carbonyl (C=O) groups excluding carboxylic acids is 3. The number of hydrogen-bond donors (Lipinski definition) is 0. The molecule has 0 radical (unpaired) electrons. The highest BCUT2D eigenvalue weighted by atomic mass is 79.9. The number of imide groups is 1. The summed E-state index contributed by atoms with van der Waals surface area (Å²) in [4.78, 5) is 41.8. The lowest BCUT2D eigenvalue weighted by Crippen LogP contribution is -2.41. The zero-order valence-corrected chi connectivity index (χ0v) is 19.3. The first kappa shape index (κ1) is 21.8. The molecular weight excluding hydrogens is 472 g/mol. The molecule has 0 aromatic heterocycles. The van der Waals surface area contributed by atoms with E-state index in [0.29, 0.717) is 28.1 Å². The number of amides is 3. The number of benzene rings is 3. The smallest absolute Gasteiger partial charge is 0.261 e. The van der Waals surface area contributed by atoms with Crippen molar-refractivity contribution in [2.75, 3.05) is 25.1 Å². The minimum atomic E-state index is -0.351. The van der Waals surface area contributed by atoms with E-state index in [4.69, 9.17) is 4.74 Å². The second-order valence-corrected chi connectivity index (χ2v) is 8.37. The lowest BCUT2D eigenvalue weighted by molar-refractivity contribution is 0.0654. The molecule has 0 spiro atoms. The van der Waals surface area contributed by atoms with E-state index in [1.165, 1.54) is 4.90 Å². The third kappa shape index (κ3) is 4.03. The summed E-state index contributed by atoms with van der Waals surface area (Å²) in [5.74, 6) is -0.423. The van der Waals surface area contributed by atoms with E-state index in [-0.39, 0.29) is 30.8 Å². The van der Waals surface area contributed by atoms with Crippen LogP contribution < -0.4 is 9.64 Å². The summed E-state index contributed by atoms with van der Waals surface area (Å²) in [6.07, 6.45) is 0. The van der Waals surface area contributed by atoms with Crippen molar-refractivity contribution in [3.05, 3.63) is 93.5 Å². The zero-order chi connectivity index (χ0) is 22.8. The molecule has 3 aromatic carbocycles. The number of halogens is 1. The SMILES string of the molecule is COc1cc(C)ccc1N(CCN1C(=O)c2ccccc2C1=O)C(=O)c1cccc(Br)c1. The Morgan fingerprint density at radius 2 is 1.66 bits per heavy atom. The molecule has 162 valence electrons. The first-order chi connectivity index (χ1) is 15.4. The summed E-state index contributed by atoms with van der Waals surface area (Å²) in [7, 11) is 1.55. The summed E-state index contributed by atoms with van der Waals surface area (Å²) < 4.78 is 6.31. The standard InChI is InChI=1S/C25H21BrN2O4/c1-16-10-11-21(22(14-16)32-2)27(23(29)17-6-5-7-18(26)15-17)12-13-28-24(30)19-8-3-4-9-20(19)25(28)31/h3-11,14-15H,12-13H2,1-2H3. The summed E-state index contributed by atoms with van der Waals surface area (Å²) in [6.45, 7) is 2.12. The first-order valence-corrected chi connectivity index (χ1v) is 10.9. The van der Waals surface area contributed by atoms with Crippen LogP contribution >= 0.6 is 15.9 Å². The van der Waals surface area contributed by atoms with Crippen LogP contribution in [0.15, 0.2) is 71.2 Å². The molecule has 0 saturated heterocycles. The van der Waals surface area contributed by atoms with Crippen LogP contribution in [0.5, 0.6) is 5.75 Å². The molecule has 3 amide bonds. The van der Waals surface area contributed by atoms with Gasteiger partial charge in [0, 0.05) is 23.1 Å². The van der Waals surface area contributed by atoms with Crippen molar-refractivity contribution in [1.82, 2.24) is 4.90 Å². The van der Waals surface area contributed by atoms with Crippen molar-refractivity contribution in [1.29, 1.82) is 0 Å². The Hall–Kier alpha value is -3.45. The predicted molar refractivity (Wildman–Crippen MR) is 125 cm³/mol. The maximum Gasteiger partial charge on any atom is 0.261 e. The fourth-order valence-electron chi connectivity index (χ4n) is 3.76. The number of methoxy groups -OCH3 is 1. The van der Waals surface area contributed by atoms with Gasteiger partial charge in [-0.15, -0.1) is 0 Å². The summed E-state index contributed by atoms with van der Waals surface area (Å²) >= 11 is 3.41. The molecule has 4 rings (SSSR count). The highest BCUT2D eigenvalue weighted by Gasteiger charge is 2.35. The fraction of sp³-hybridized carbons (Fsp3) is 0.160. The lowest BCUT2D eigenvalue weighted by atomic mass is 10.1. The van der Waals surface area contributed by atoms with Gasteiger partial charge in [0.25, 0.3) is 17.7 Å². The van der Waals surface area contributed by atoms with Gasteiger partial charge in [-0.05, 0) is 55.0 Å². The van der Waals surface area contributed by atoms with Crippen LogP contribution in [0.3, 0.4) is 0 Å². The Morgan fingerprint density at radius 1 is 0.969 bits per heavy atom. The van der Waals surface area contributed by atoms with Gasteiger partial charge in [-0.2, -0.15) is 0 Å². The van der Waals surface area contributed by atoms with Crippen LogP contribution in [-0.2, 0) is 0 Å². The van der Waals surface area contributed by atoms with Gasteiger partial charge in [-0.1, -0.05) is 40.2 Å². The molecular formula is C25H21BrN2O4. The summed E-state index contributed by atoms with van der Waals surface area (Å²) in [5, 5.41) is 0. The van der Waals surface area contributed by atoms with Gasteiger partial charge < -0.3 is 9.64 Å². The summed E-state index contributed by atoms with van der Waals surface area (Å²) in [5.41, 5.74) is 2.80. The summed E-state index contributed by atoms with van der Waals surface area (Å²) in [6, 6.07) is 19.4. The van der Waals surface area contributed by atoms with Crippen LogP contribution in [0, 0.1) is 6.92 Å². The maximum atomic E-state index is 13.5. The monoisotopic (exact) mass is 492 g/mol. The highest BCUT2D eigenvalue weighted by molar-refractivity contribution is 9.10. The van der Waals surface area contributed by atoms with Crippen molar-refractivity contribution < 1.29 is 19.1 Å². The van der Waals surface area contributed by atoms with Gasteiger partial charge in [-0.3, -0.25) is 19.3 Å². The minimum absolute atomic E-state index is 0.0587. The van der Waals surface area contributed by atoms with Gasteiger partial charge in [-0.25, -0.2) is 0 Å². The molecule has 0 unspecified atom stereocenters. The Balaban J connectivity index is 1.67. The van der Waals surface area contributed by atoms with Crippen molar-refractivity contribution in [2.45, 2.75) is 6.92 Å². The number of anilines is 1. The Labute approximate surface area is 194 Å². The molecule has 1 aliphatic heterocycles. The maximum absolute atomic E-state index is 13.5. The molecule has 6 nitrogen and oxygen atoms in total. The van der Waals surface area contributed by atoms with E-state index < -0.39 is 0 Å². The molecule has 3 aromatic rings. The molecule has 32 heavy (non-hydrogen) atoms. The third-order valence-corrected chi connectivity index (χ3v) is 5.86. The Morgan fingerprint density at radius 3 is 2.28 bits per heavy atom. The Bertz CT molecular complexity index is 1190. The number of rotatable bonds is 6. The second kappa shape index (κ2) is 8.96. The zero-order valence-electron chi connectivity index (χ0n) is 17.7. The molecule has 0 aliphatic carbocycles. The van der Waals surface area contributed by atoms with Crippen molar-refractivity contribution in [3.63, 3.8) is 0 Å². The largest absolute Gasteiger partial charge is 0.495 e. The van der Waals surface area contributed by atoms with E-state index in [9.17, 15) is 14.4 Å². The van der Waals surface area contributed by atoms with Gasteiger partial charge in [0.15, 0.2) is 0 Å². The number of hydrogen-bond acceptors (Lipinski definition) is 4. The van der Waals surface area contributed by atoms with Gasteiger partial charge >= 0.3 is 0 Å². The molecule has 7 heteroatoms. The quantitative estimate of drug-likeness (QED) is 0.467. The average Bonchev–Trinajstić information content (AvgIpc) is 3.04. The van der Waals surface area contributed by atoms with Gasteiger partial charge in [0.1, 0.15) is 5.75 Å². The van der Waals surface area contributed by atoms with Crippen LogP contribution in [0.1, 0.15) is 36.6 Å². The van der Waals surface area contributed by atoms with E-state index in [1.54, 1.807) is 54.5 Å². The van der Waals surface area contributed by atoms with Crippen LogP contribution in [0.25, 0.3) is 0 Å². The number of carbonyl (C=O) groups is 3. The molecule has 1 heterocycles. The van der Waals surface area contributed by atoms with E-state index >= 15 is 0 Å². The van der Waals surface area contributed by atoms with E-state index in [1.807, 2.05) is 31.2 Å². The van der Waals surface area contributed by atoms with Crippen molar-refractivity contribution in [3.8, 4) is 5.75 Å². The normalized spacial score (nSPS) is 12.7. The number of nitrogens with zero attached hydrogens (tertiary/aromatic N) is 2. The molecule has 0 atom stereocenters. The van der Waals surface area contributed by atoms with E-state index in [0.717, 1.165) is 10.0 Å². The topological polar surface area (TPSA) is 66.9 Å². The van der Waals surface area contributed by atoms with Gasteiger partial charge in [0.05, 0.1) is 23.9 Å². The number of ether oxygens (including phenoxy) is 1. The molecule has 0 fully saturated rings. The minimum Gasteiger partial charge on any atom is -0.495 e. The Kier molecular flexibility index (Phi) is 6.10. The molecule has 1 aliphatic rings. The van der Waals surface area contributed by atoms with E-state index in [2.05, 4.69) is 15.9 Å². The average molecular weight is 493 g/mol. The molecule has 0 saturated carbocycles. The molecule has 0 N–H and O–H groups in total. The lowest BCUT2D eigenvalue weighted by Gasteiger charge is -2.27. The van der Waals surface area contributed by atoms with Crippen molar-refractivity contribution >= 4 is 39.3 Å².